The highest BCUT2D eigenvalue weighted by Crippen LogP contribution is 2.34. The van der Waals surface area contributed by atoms with Gasteiger partial charge in [-0.15, -0.1) is 24.0 Å². The molecule has 9 heteroatoms. The van der Waals surface area contributed by atoms with E-state index >= 15 is 0 Å². The number of nitrogens with two attached hydrogens (primary N) is 1. The summed E-state index contributed by atoms with van der Waals surface area (Å²) in [5.41, 5.74) is 4.87. The molecule has 1 heterocycles. The number of pyridine rings is 1. The Hall–Kier alpha value is -1.26. The molecule has 22 heavy (non-hydrogen) atoms. The van der Waals surface area contributed by atoms with Crippen molar-refractivity contribution < 1.29 is 17.9 Å². The lowest BCUT2D eigenvalue weighted by molar-refractivity contribution is -0.139. The largest absolute Gasteiger partial charge is 0.475 e. The van der Waals surface area contributed by atoms with Crippen LogP contribution in [0, 0.1) is 0 Å². The van der Waals surface area contributed by atoms with Crippen LogP contribution in [0.15, 0.2) is 23.3 Å². The summed E-state index contributed by atoms with van der Waals surface area (Å²) in [5, 5.41) is 0. The van der Waals surface area contributed by atoms with Crippen molar-refractivity contribution in [1.82, 2.24) is 9.88 Å². The van der Waals surface area contributed by atoms with E-state index in [1.54, 1.807) is 0 Å². The third-order valence-corrected chi connectivity index (χ3v) is 3.14. The minimum absolute atomic E-state index is 0. The number of nitrogens with zero attached hydrogens (tertiary/aromatic N) is 3. The van der Waals surface area contributed by atoms with Crippen LogP contribution in [-0.2, 0) is 6.18 Å². The van der Waals surface area contributed by atoms with E-state index in [4.69, 9.17) is 10.5 Å². The van der Waals surface area contributed by atoms with Crippen molar-refractivity contribution >= 4 is 29.9 Å². The minimum atomic E-state index is -4.49. The topological polar surface area (TPSA) is 63.7 Å². The summed E-state index contributed by atoms with van der Waals surface area (Å²) >= 11 is 0. The molecule has 1 fully saturated rings. The van der Waals surface area contributed by atoms with Crippen molar-refractivity contribution in [2.24, 2.45) is 10.7 Å². The van der Waals surface area contributed by atoms with Crippen LogP contribution in [0.3, 0.4) is 0 Å². The highest BCUT2D eigenvalue weighted by Gasteiger charge is 2.35. The smallest absolute Gasteiger partial charge is 0.421 e. The number of ether oxygens (including phenoxy) is 1. The second kappa shape index (κ2) is 7.84. The highest BCUT2D eigenvalue weighted by molar-refractivity contribution is 14.0. The van der Waals surface area contributed by atoms with Gasteiger partial charge in [-0.2, -0.15) is 13.2 Å². The molecule has 0 bridgehead atoms. The summed E-state index contributed by atoms with van der Waals surface area (Å²) in [7, 11) is 1.85. The van der Waals surface area contributed by atoms with Gasteiger partial charge in [0, 0.05) is 19.3 Å². The molecule has 0 unspecified atom stereocenters. The van der Waals surface area contributed by atoms with Gasteiger partial charge in [-0.3, -0.25) is 0 Å². The molecule has 5 nitrogen and oxygen atoms in total. The van der Waals surface area contributed by atoms with E-state index in [9.17, 15) is 13.2 Å². The SMILES string of the molecule is CN(C(N)=NCCOc1ncccc1C(F)(F)F)C1CC1.I. The molecule has 1 saturated carbocycles. The van der Waals surface area contributed by atoms with Crippen LogP contribution in [0.4, 0.5) is 13.2 Å². The molecular formula is C13H18F3IN4O. The average Bonchev–Trinajstić information content (AvgIpc) is 3.26. The maximum Gasteiger partial charge on any atom is 0.421 e. The Morgan fingerprint density at radius 1 is 1.50 bits per heavy atom. The number of guanidine groups is 1. The molecule has 124 valence electrons. The maximum absolute atomic E-state index is 12.7. The fourth-order valence-corrected chi connectivity index (χ4v) is 1.78. The number of halogens is 4. The van der Waals surface area contributed by atoms with E-state index in [1.807, 2.05) is 11.9 Å². The Bertz CT molecular complexity index is 520. The first kappa shape index (κ1) is 18.8. The predicted molar refractivity (Wildman–Crippen MR) is 87.4 cm³/mol. The first-order valence-electron chi connectivity index (χ1n) is 6.57. The van der Waals surface area contributed by atoms with Crippen LogP contribution in [0.1, 0.15) is 18.4 Å². The second-order valence-electron chi connectivity index (χ2n) is 4.78. The van der Waals surface area contributed by atoms with Gasteiger partial charge in [0.1, 0.15) is 12.2 Å². The van der Waals surface area contributed by atoms with E-state index < -0.39 is 17.6 Å². The van der Waals surface area contributed by atoms with Crippen molar-refractivity contribution in [2.45, 2.75) is 25.1 Å². The van der Waals surface area contributed by atoms with Gasteiger partial charge in [0.05, 0.1) is 6.54 Å². The number of aliphatic imine (C=N–C) groups is 1. The molecule has 0 aromatic carbocycles. The summed E-state index contributed by atoms with van der Waals surface area (Å²) in [6.07, 6.45) is -1.06. The van der Waals surface area contributed by atoms with Gasteiger partial charge < -0.3 is 15.4 Å². The number of rotatable bonds is 5. The number of hydrogen-bond acceptors (Lipinski definition) is 3. The van der Waals surface area contributed by atoms with Crippen LogP contribution >= 0.6 is 24.0 Å². The lowest BCUT2D eigenvalue weighted by atomic mass is 10.2. The summed E-state index contributed by atoms with van der Waals surface area (Å²) in [6.45, 7) is 0.163. The zero-order valence-electron chi connectivity index (χ0n) is 12.0. The summed E-state index contributed by atoms with van der Waals surface area (Å²) in [6, 6.07) is 2.58. The monoisotopic (exact) mass is 430 g/mol. The lowest BCUT2D eigenvalue weighted by Crippen LogP contribution is -2.36. The summed E-state index contributed by atoms with van der Waals surface area (Å²) in [5.74, 6) is -0.0625. The van der Waals surface area contributed by atoms with Gasteiger partial charge in [-0.1, -0.05) is 0 Å². The molecule has 0 spiro atoms. The molecule has 0 aliphatic heterocycles. The standard InChI is InChI=1S/C13H17F3N4O.HI/c1-20(9-4-5-9)12(17)19-7-8-21-11-10(13(14,15)16)3-2-6-18-11;/h2-3,6,9H,4-5,7-8H2,1H3,(H2,17,19);1H. The fraction of sp³-hybridized carbons (Fsp3) is 0.538. The Labute approximate surface area is 143 Å². The van der Waals surface area contributed by atoms with Crippen molar-refractivity contribution in [3.63, 3.8) is 0 Å². The number of hydrogen-bond donors (Lipinski definition) is 1. The Balaban J connectivity index is 0.00000242. The van der Waals surface area contributed by atoms with Crippen molar-refractivity contribution in [1.29, 1.82) is 0 Å². The average molecular weight is 430 g/mol. The van der Waals surface area contributed by atoms with Crippen LogP contribution in [0.5, 0.6) is 5.88 Å². The molecule has 1 aliphatic carbocycles. The minimum Gasteiger partial charge on any atom is -0.475 e. The summed E-state index contributed by atoms with van der Waals surface area (Å²) < 4.78 is 43.2. The molecule has 0 amide bonds. The Morgan fingerprint density at radius 3 is 2.77 bits per heavy atom. The van der Waals surface area contributed by atoms with E-state index in [0.29, 0.717) is 12.0 Å². The zero-order valence-corrected chi connectivity index (χ0v) is 14.3. The maximum atomic E-state index is 12.7. The summed E-state index contributed by atoms with van der Waals surface area (Å²) in [4.78, 5) is 9.54. The van der Waals surface area contributed by atoms with Gasteiger partial charge in [-0.25, -0.2) is 9.98 Å². The predicted octanol–water partition coefficient (Wildman–Crippen LogP) is 2.51. The van der Waals surface area contributed by atoms with Gasteiger partial charge >= 0.3 is 6.18 Å². The van der Waals surface area contributed by atoms with Gasteiger partial charge in [0.25, 0.3) is 0 Å². The second-order valence-corrected chi connectivity index (χ2v) is 4.78. The fourth-order valence-electron chi connectivity index (χ4n) is 1.78. The normalized spacial score (nSPS) is 15.2. The zero-order chi connectivity index (χ0) is 15.5. The Kier molecular flexibility index (Phi) is 6.69. The van der Waals surface area contributed by atoms with Gasteiger partial charge in [0.2, 0.25) is 5.88 Å². The number of aromatic nitrogens is 1. The van der Waals surface area contributed by atoms with Crippen LogP contribution in [0.25, 0.3) is 0 Å². The van der Waals surface area contributed by atoms with E-state index in [2.05, 4.69) is 9.98 Å². The third kappa shape index (κ3) is 5.18. The molecule has 2 rings (SSSR count). The first-order valence-corrected chi connectivity index (χ1v) is 6.57. The van der Waals surface area contributed by atoms with Crippen LogP contribution in [-0.4, -0.2) is 42.1 Å². The van der Waals surface area contributed by atoms with Gasteiger partial charge in [-0.05, 0) is 25.0 Å². The molecule has 1 aliphatic rings. The number of alkyl halides is 3. The third-order valence-electron chi connectivity index (χ3n) is 3.14. The van der Waals surface area contributed by atoms with Crippen molar-refractivity contribution in [2.75, 3.05) is 20.2 Å². The first-order chi connectivity index (χ1) is 9.89. The van der Waals surface area contributed by atoms with E-state index in [0.717, 1.165) is 18.9 Å². The molecule has 1 aromatic rings. The lowest BCUT2D eigenvalue weighted by Gasteiger charge is -2.17. The molecular weight excluding hydrogens is 412 g/mol. The van der Waals surface area contributed by atoms with E-state index in [-0.39, 0.29) is 37.1 Å². The quantitative estimate of drug-likeness (QED) is 0.338. The van der Waals surface area contributed by atoms with Crippen LogP contribution < -0.4 is 10.5 Å². The van der Waals surface area contributed by atoms with Gasteiger partial charge in [0.15, 0.2) is 5.96 Å². The molecule has 0 saturated heterocycles. The molecule has 0 atom stereocenters. The van der Waals surface area contributed by atoms with E-state index in [1.165, 1.54) is 12.3 Å². The molecule has 2 N–H and O–H groups in total. The highest BCUT2D eigenvalue weighted by atomic mass is 127. The van der Waals surface area contributed by atoms with Crippen molar-refractivity contribution in [3.05, 3.63) is 23.9 Å². The Morgan fingerprint density at radius 2 is 2.18 bits per heavy atom. The molecule has 0 radical (unpaired) electrons. The molecule has 1 aromatic heterocycles. The van der Waals surface area contributed by atoms with Crippen LogP contribution in [0.2, 0.25) is 0 Å². The van der Waals surface area contributed by atoms with Crippen molar-refractivity contribution in [3.8, 4) is 5.88 Å².